The SMILES string of the molecule is O=[N+]([O-])c1cc(-c2ncco2)ccc1Cl. The van der Waals surface area contributed by atoms with Gasteiger partial charge in [-0.2, -0.15) is 0 Å². The molecule has 0 spiro atoms. The molecule has 2 rings (SSSR count). The third kappa shape index (κ3) is 1.82. The van der Waals surface area contributed by atoms with Crippen LogP contribution in [-0.2, 0) is 0 Å². The number of nitro benzene ring substituents is 1. The Morgan fingerprint density at radius 2 is 2.27 bits per heavy atom. The van der Waals surface area contributed by atoms with E-state index in [-0.39, 0.29) is 10.7 Å². The van der Waals surface area contributed by atoms with Gasteiger partial charge < -0.3 is 4.42 Å². The fourth-order valence-corrected chi connectivity index (χ4v) is 1.34. The van der Waals surface area contributed by atoms with Crippen LogP contribution in [0.5, 0.6) is 0 Å². The highest BCUT2D eigenvalue weighted by Crippen LogP contribution is 2.29. The van der Waals surface area contributed by atoms with Crippen molar-refractivity contribution in [2.45, 2.75) is 0 Å². The minimum Gasteiger partial charge on any atom is -0.445 e. The maximum absolute atomic E-state index is 10.6. The van der Waals surface area contributed by atoms with Crippen LogP contribution < -0.4 is 0 Å². The largest absolute Gasteiger partial charge is 0.445 e. The molecule has 0 aliphatic carbocycles. The van der Waals surface area contributed by atoms with E-state index in [4.69, 9.17) is 16.0 Å². The Kier molecular flexibility index (Phi) is 2.39. The van der Waals surface area contributed by atoms with Crippen LogP contribution in [0, 0.1) is 10.1 Å². The van der Waals surface area contributed by atoms with Crippen molar-refractivity contribution in [1.82, 2.24) is 4.98 Å². The number of halogens is 1. The maximum Gasteiger partial charge on any atom is 0.288 e. The van der Waals surface area contributed by atoms with Gasteiger partial charge in [0.1, 0.15) is 11.3 Å². The zero-order valence-corrected chi connectivity index (χ0v) is 8.14. The molecule has 0 aliphatic rings. The monoisotopic (exact) mass is 224 g/mol. The van der Waals surface area contributed by atoms with Gasteiger partial charge in [-0.15, -0.1) is 0 Å². The summed E-state index contributed by atoms with van der Waals surface area (Å²) >= 11 is 5.66. The van der Waals surface area contributed by atoms with Crippen molar-refractivity contribution >= 4 is 17.3 Å². The second kappa shape index (κ2) is 3.70. The van der Waals surface area contributed by atoms with E-state index in [1.807, 2.05) is 0 Å². The number of hydrogen-bond donors (Lipinski definition) is 0. The van der Waals surface area contributed by atoms with Gasteiger partial charge in [0.2, 0.25) is 5.89 Å². The second-order valence-corrected chi connectivity index (χ2v) is 3.17. The molecule has 0 bridgehead atoms. The van der Waals surface area contributed by atoms with Crippen LogP contribution in [0.4, 0.5) is 5.69 Å². The van der Waals surface area contributed by atoms with Gasteiger partial charge in [-0.25, -0.2) is 4.98 Å². The lowest BCUT2D eigenvalue weighted by molar-refractivity contribution is -0.384. The second-order valence-electron chi connectivity index (χ2n) is 2.76. The molecule has 2 aromatic rings. The van der Waals surface area contributed by atoms with Crippen LogP contribution in [0.15, 0.2) is 35.1 Å². The number of benzene rings is 1. The average Bonchev–Trinajstić information content (AvgIpc) is 2.71. The standard InChI is InChI=1S/C9H5ClN2O3/c10-7-2-1-6(5-8(7)12(13)14)9-11-3-4-15-9/h1-5H. The lowest BCUT2D eigenvalue weighted by Crippen LogP contribution is -1.89. The molecule has 15 heavy (non-hydrogen) atoms. The Hall–Kier alpha value is -1.88. The van der Waals surface area contributed by atoms with E-state index in [0.717, 1.165) is 0 Å². The summed E-state index contributed by atoms with van der Waals surface area (Å²) in [4.78, 5) is 14.0. The topological polar surface area (TPSA) is 69.2 Å². The van der Waals surface area contributed by atoms with Gasteiger partial charge in [0.05, 0.1) is 11.1 Å². The van der Waals surface area contributed by atoms with Crippen LogP contribution >= 0.6 is 11.6 Å². The molecular formula is C9H5ClN2O3. The third-order valence-corrected chi connectivity index (χ3v) is 2.14. The fraction of sp³-hybridized carbons (Fsp3) is 0. The van der Waals surface area contributed by atoms with Gasteiger partial charge in [-0.3, -0.25) is 10.1 Å². The number of aromatic nitrogens is 1. The van der Waals surface area contributed by atoms with Gasteiger partial charge in [-0.05, 0) is 12.1 Å². The highest BCUT2D eigenvalue weighted by Gasteiger charge is 2.14. The van der Waals surface area contributed by atoms with E-state index >= 15 is 0 Å². The maximum atomic E-state index is 10.6. The summed E-state index contributed by atoms with van der Waals surface area (Å²) in [5.74, 6) is 0.328. The van der Waals surface area contributed by atoms with E-state index in [0.29, 0.717) is 11.5 Å². The first-order chi connectivity index (χ1) is 7.18. The minimum absolute atomic E-state index is 0.0929. The Bertz CT molecular complexity index is 496. The summed E-state index contributed by atoms with van der Waals surface area (Å²) < 4.78 is 5.02. The van der Waals surface area contributed by atoms with Crippen molar-refractivity contribution in [1.29, 1.82) is 0 Å². The molecular weight excluding hydrogens is 220 g/mol. The zero-order valence-electron chi connectivity index (χ0n) is 7.38. The van der Waals surface area contributed by atoms with Crippen molar-refractivity contribution in [3.05, 3.63) is 45.8 Å². The fourth-order valence-electron chi connectivity index (χ4n) is 1.15. The van der Waals surface area contributed by atoms with Crippen molar-refractivity contribution in [2.75, 3.05) is 0 Å². The lowest BCUT2D eigenvalue weighted by Gasteiger charge is -1.97. The molecule has 0 aliphatic heterocycles. The highest BCUT2D eigenvalue weighted by molar-refractivity contribution is 6.32. The first-order valence-corrected chi connectivity index (χ1v) is 4.40. The summed E-state index contributed by atoms with van der Waals surface area (Å²) in [7, 11) is 0. The van der Waals surface area contributed by atoms with Crippen molar-refractivity contribution in [3.8, 4) is 11.5 Å². The number of oxazole rings is 1. The zero-order chi connectivity index (χ0) is 10.8. The Balaban J connectivity index is 2.52. The highest BCUT2D eigenvalue weighted by atomic mass is 35.5. The summed E-state index contributed by atoms with van der Waals surface area (Å²) in [5, 5.41) is 10.7. The van der Waals surface area contributed by atoms with Gasteiger partial charge in [0, 0.05) is 11.6 Å². The summed E-state index contributed by atoms with van der Waals surface area (Å²) in [6, 6.07) is 4.38. The molecule has 1 aromatic heterocycles. The summed E-state index contributed by atoms with van der Waals surface area (Å²) in [6.45, 7) is 0. The molecule has 0 amide bonds. The van der Waals surface area contributed by atoms with Crippen molar-refractivity contribution < 1.29 is 9.34 Å². The van der Waals surface area contributed by atoms with Gasteiger partial charge in [-0.1, -0.05) is 11.6 Å². The quantitative estimate of drug-likeness (QED) is 0.581. The van der Waals surface area contributed by atoms with Crippen LogP contribution in [0.25, 0.3) is 11.5 Å². The lowest BCUT2D eigenvalue weighted by atomic mass is 10.2. The van der Waals surface area contributed by atoms with E-state index in [9.17, 15) is 10.1 Å². The van der Waals surface area contributed by atoms with Crippen LogP contribution in [0.1, 0.15) is 0 Å². The number of nitrogens with zero attached hydrogens (tertiary/aromatic N) is 2. The molecule has 0 atom stereocenters. The van der Waals surface area contributed by atoms with Crippen molar-refractivity contribution in [3.63, 3.8) is 0 Å². The molecule has 0 saturated heterocycles. The molecule has 0 unspecified atom stereocenters. The molecule has 1 heterocycles. The molecule has 0 saturated carbocycles. The molecule has 6 heteroatoms. The molecule has 0 N–H and O–H groups in total. The first kappa shape index (κ1) is 9.67. The average molecular weight is 225 g/mol. The number of rotatable bonds is 2. The molecule has 5 nitrogen and oxygen atoms in total. The van der Waals surface area contributed by atoms with Crippen LogP contribution in [-0.4, -0.2) is 9.91 Å². The van der Waals surface area contributed by atoms with Crippen LogP contribution in [0.2, 0.25) is 5.02 Å². The predicted octanol–water partition coefficient (Wildman–Crippen LogP) is 2.90. The van der Waals surface area contributed by atoms with Gasteiger partial charge in [0.15, 0.2) is 0 Å². The predicted molar refractivity (Wildman–Crippen MR) is 53.6 cm³/mol. The molecule has 0 fully saturated rings. The van der Waals surface area contributed by atoms with Gasteiger partial charge >= 0.3 is 0 Å². The van der Waals surface area contributed by atoms with E-state index in [2.05, 4.69) is 4.98 Å². The Morgan fingerprint density at radius 1 is 1.47 bits per heavy atom. The minimum atomic E-state index is -0.547. The molecule has 1 aromatic carbocycles. The smallest absolute Gasteiger partial charge is 0.288 e. The number of nitro groups is 1. The first-order valence-electron chi connectivity index (χ1n) is 4.02. The summed E-state index contributed by atoms with van der Waals surface area (Å²) in [6.07, 6.45) is 2.87. The Morgan fingerprint density at radius 3 is 2.87 bits per heavy atom. The molecule has 76 valence electrons. The van der Waals surface area contributed by atoms with E-state index < -0.39 is 4.92 Å². The van der Waals surface area contributed by atoms with E-state index in [1.165, 1.54) is 24.6 Å². The van der Waals surface area contributed by atoms with E-state index in [1.54, 1.807) is 6.07 Å². The third-order valence-electron chi connectivity index (χ3n) is 1.82. The Labute approximate surface area is 89.5 Å². The molecule has 0 radical (unpaired) electrons. The number of hydrogen-bond acceptors (Lipinski definition) is 4. The normalized spacial score (nSPS) is 10.2. The van der Waals surface area contributed by atoms with Crippen molar-refractivity contribution in [2.24, 2.45) is 0 Å². The van der Waals surface area contributed by atoms with Crippen LogP contribution in [0.3, 0.4) is 0 Å². The summed E-state index contributed by atoms with van der Waals surface area (Å²) in [5.41, 5.74) is 0.364. The van der Waals surface area contributed by atoms with Gasteiger partial charge in [0.25, 0.3) is 5.69 Å².